The van der Waals surface area contributed by atoms with Crippen LogP contribution in [0.4, 0.5) is 0 Å². The van der Waals surface area contributed by atoms with Gasteiger partial charge < -0.3 is 5.32 Å². The number of nitrogens with one attached hydrogen (secondary N) is 1. The first-order valence-electron chi connectivity index (χ1n) is 8.99. The number of sulfonamides is 1. The Bertz CT molecular complexity index is 973. The maximum atomic E-state index is 12.8. The first-order valence-corrected chi connectivity index (χ1v) is 12.6. The van der Waals surface area contributed by atoms with Crippen LogP contribution >= 0.6 is 11.6 Å². The molecule has 8 nitrogen and oxygen atoms in total. The molecule has 2 aliphatic heterocycles. The van der Waals surface area contributed by atoms with Gasteiger partial charge in [0, 0.05) is 25.7 Å². The van der Waals surface area contributed by atoms with Crippen LogP contribution in [0.2, 0.25) is 5.02 Å². The van der Waals surface area contributed by atoms with E-state index in [0.29, 0.717) is 0 Å². The minimum atomic E-state index is -3.82. The Morgan fingerprint density at radius 1 is 1.21 bits per heavy atom. The number of benzene rings is 1. The Balaban J connectivity index is 1.84. The predicted molar refractivity (Wildman–Crippen MR) is 107 cm³/mol. The Kier molecular flexibility index (Phi) is 6.07. The summed E-state index contributed by atoms with van der Waals surface area (Å²) in [5, 5.41) is 2.81. The molecule has 28 heavy (non-hydrogen) atoms. The van der Waals surface area contributed by atoms with Gasteiger partial charge in [0.05, 0.1) is 22.6 Å². The molecule has 2 atom stereocenters. The minimum absolute atomic E-state index is 0.0173. The number of likely N-dealkylation sites (tertiary alicyclic amines) is 1. The quantitative estimate of drug-likeness (QED) is 0.705. The van der Waals surface area contributed by atoms with Crippen molar-refractivity contribution in [1.29, 1.82) is 0 Å². The largest absolute Gasteiger partial charge is 0.347 e. The van der Waals surface area contributed by atoms with Gasteiger partial charge in [-0.25, -0.2) is 21.1 Å². The lowest BCUT2D eigenvalue weighted by atomic mass is 10.1. The number of carbonyl (C=O) groups is 1. The van der Waals surface area contributed by atoms with Gasteiger partial charge in [-0.15, -0.1) is 0 Å². The van der Waals surface area contributed by atoms with Gasteiger partial charge in [0.2, 0.25) is 10.0 Å². The van der Waals surface area contributed by atoms with Gasteiger partial charge >= 0.3 is 0 Å². The van der Waals surface area contributed by atoms with Crippen molar-refractivity contribution in [2.45, 2.75) is 29.8 Å². The highest BCUT2D eigenvalue weighted by atomic mass is 35.5. The monoisotopic (exact) mass is 449 g/mol. The van der Waals surface area contributed by atoms with Gasteiger partial charge in [0.1, 0.15) is 4.90 Å². The third-order valence-electron chi connectivity index (χ3n) is 5.20. The van der Waals surface area contributed by atoms with Crippen LogP contribution in [-0.4, -0.2) is 82.7 Å². The summed E-state index contributed by atoms with van der Waals surface area (Å²) in [6.45, 7) is 1.64. The summed E-state index contributed by atoms with van der Waals surface area (Å²) in [6, 6.07) is 3.23. The van der Waals surface area contributed by atoms with Crippen LogP contribution in [0.1, 0.15) is 23.2 Å². The van der Waals surface area contributed by atoms with E-state index in [2.05, 4.69) is 10.2 Å². The Morgan fingerprint density at radius 3 is 2.46 bits per heavy atom. The number of nitrogens with zero attached hydrogens (tertiary/aromatic N) is 2. The van der Waals surface area contributed by atoms with Crippen molar-refractivity contribution in [3.63, 3.8) is 0 Å². The standard InChI is InChI=1S/C17H24ClN3O5S2/c1-20(2)28(25,26)16-9-12(5-6-13(16)18)17(22)19-14-10-27(23,24)11-15(14)21-7-3-4-8-21/h5-6,9,14-15H,3-4,7-8,10-11H2,1-2H3,(H,19,22). The molecule has 3 rings (SSSR count). The van der Waals surface area contributed by atoms with E-state index in [0.717, 1.165) is 30.2 Å². The highest BCUT2D eigenvalue weighted by molar-refractivity contribution is 7.91. The number of carbonyl (C=O) groups excluding carboxylic acids is 1. The smallest absolute Gasteiger partial charge is 0.251 e. The molecule has 2 heterocycles. The van der Waals surface area contributed by atoms with E-state index < -0.39 is 31.8 Å². The third kappa shape index (κ3) is 4.35. The van der Waals surface area contributed by atoms with Gasteiger partial charge in [0.15, 0.2) is 9.84 Å². The Morgan fingerprint density at radius 2 is 1.86 bits per heavy atom. The van der Waals surface area contributed by atoms with E-state index in [1.165, 1.54) is 32.3 Å². The minimum Gasteiger partial charge on any atom is -0.347 e. The summed E-state index contributed by atoms with van der Waals surface area (Å²) < 4.78 is 50.1. The number of halogens is 1. The molecule has 0 aromatic heterocycles. The van der Waals surface area contributed by atoms with Gasteiger partial charge in [-0.2, -0.15) is 0 Å². The molecule has 1 amide bonds. The molecule has 0 aliphatic carbocycles. The van der Waals surface area contributed by atoms with E-state index in [1.54, 1.807) is 0 Å². The first kappa shape index (κ1) is 21.5. The molecule has 0 bridgehead atoms. The van der Waals surface area contributed by atoms with E-state index in [4.69, 9.17) is 11.6 Å². The summed E-state index contributed by atoms with van der Waals surface area (Å²) in [6.07, 6.45) is 2.03. The van der Waals surface area contributed by atoms with Gasteiger partial charge in [0.25, 0.3) is 5.91 Å². The normalized spacial score (nSPS) is 25.3. The van der Waals surface area contributed by atoms with E-state index >= 15 is 0 Å². The van der Waals surface area contributed by atoms with Crippen molar-refractivity contribution in [2.75, 3.05) is 38.7 Å². The fourth-order valence-corrected chi connectivity index (χ4v) is 7.04. The maximum absolute atomic E-state index is 12.8. The Labute approximate surface area is 170 Å². The number of rotatable bonds is 5. The zero-order valence-electron chi connectivity index (χ0n) is 15.8. The second kappa shape index (κ2) is 7.91. The van der Waals surface area contributed by atoms with Crippen LogP contribution in [0.25, 0.3) is 0 Å². The second-order valence-electron chi connectivity index (χ2n) is 7.40. The third-order valence-corrected chi connectivity index (χ3v) is 9.21. The number of hydrogen-bond acceptors (Lipinski definition) is 6. The van der Waals surface area contributed by atoms with Crippen LogP contribution in [0.15, 0.2) is 23.1 Å². The van der Waals surface area contributed by atoms with Crippen molar-refractivity contribution < 1.29 is 21.6 Å². The Hall–Kier alpha value is -1.20. The predicted octanol–water partition coefficient (Wildman–Crippen LogP) is 0.582. The van der Waals surface area contributed by atoms with Gasteiger partial charge in [-0.05, 0) is 44.1 Å². The highest BCUT2D eigenvalue weighted by Crippen LogP contribution is 2.26. The van der Waals surface area contributed by atoms with Crippen molar-refractivity contribution in [1.82, 2.24) is 14.5 Å². The molecule has 1 aromatic carbocycles. The lowest BCUT2D eigenvalue weighted by Gasteiger charge is -2.28. The zero-order chi connectivity index (χ0) is 20.7. The van der Waals surface area contributed by atoms with Gasteiger partial charge in [-0.3, -0.25) is 9.69 Å². The summed E-state index contributed by atoms with van der Waals surface area (Å²) in [5.41, 5.74) is 0.120. The average Bonchev–Trinajstić information content (AvgIpc) is 3.22. The lowest BCUT2D eigenvalue weighted by Crippen LogP contribution is -2.50. The molecule has 0 spiro atoms. The number of amides is 1. The van der Waals surface area contributed by atoms with Crippen LogP contribution in [0.3, 0.4) is 0 Å². The molecular weight excluding hydrogens is 426 g/mol. The topological polar surface area (TPSA) is 104 Å². The molecule has 2 aliphatic rings. The molecule has 0 radical (unpaired) electrons. The molecule has 2 unspecified atom stereocenters. The fourth-order valence-electron chi connectivity index (χ4n) is 3.69. The molecule has 0 saturated carbocycles. The number of sulfone groups is 1. The summed E-state index contributed by atoms with van der Waals surface area (Å²) >= 11 is 6.02. The molecule has 1 aromatic rings. The summed E-state index contributed by atoms with van der Waals surface area (Å²) in [7, 11) is -4.30. The van der Waals surface area contributed by atoms with Crippen molar-refractivity contribution >= 4 is 37.4 Å². The highest BCUT2D eigenvalue weighted by Gasteiger charge is 2.42. The lowest BCUT2D eigenvalue weighted by molar-refractivity contribution is 0.0918. The van der Waals surface area contributed by atoms with E-state index in [9.17, 15) is 21.6 Å². The second-order valence-corrected chi connectivity index (χ2v) is 12.1. The molecular formula is C17H24ClN3O5S2. The molecule has 2 saturated heterocycles. The summed E-state index contributed by atoms with van der Waals surface area (Å²) in [5.74, 6) is -0.604. The molecule has 156 valence electrons. The zero-order valence-corrected chi connectivity index (χ0v) is 18.1. The van der Waals surface area contributed by atoms with Crippen molar-refractivity contribution in [3.05, 3.63) is 28.8 Å². The fraction of sp³-hybridized carbons (Fsp3) is 0.588. The van der Waals surface area contributed by atoms with Crippen LogP contribution in [-0.2, 0) is 19.9 Å². The van der Waals surface area contributed by atoms with Gasteiger partial charge in [-0.1, -0.05) is 11.6 Å². The van der Waals surface area contributed by atoms with Crippen LogP contribution in [0, 0.1) is 0 Å². The van der Waals surface area contributed by atoms with E-state index in [-0.39, 0.29) is 33.0 Å². The number of hydrogen-bond donors (Lipinski definition) is 1. The SMILES string of the molecule is CN(C)S(=O)(=O)c1cc(C(=O)NC2CS(=O)(=O)CC2N2CCCC2)ccc1Cl. The summed E-state index contributed by atoms with van der Waals surface area (Å²) in [4.78, 5) is 14.7. The average molecular weight is 450 g/mol. The van der Waals surface area contributed by atoms with Crippen LogP contribution in [0.5, 0.6) is 0 Å². The first-order chi connectivity index (χ1) is 13.0. The molecule has 1 N–H and O–H groups in total. The molecule has 2 fully saturated rings. The van der Waals surface area contributed by atoms with Crippen molar-refractivity contribution in [3.8, 4) is 0 Å². The maximum Gasteiger partial charge on any atom is 0.251 e. The van der Waals surface area contributed by atoms with Crippen molar-refractivity contribution in [2.24, 2.45) is 0 Å². The molecule has 11 heteroatoms. The van der Waals surface area contributed by atoms with E-state index in [1.807, 2.05) is 0 Å². The van der Waals surface area contributed by atoms with Crippen LogP contribution < -0.4 is 5.32 Å².